The molecule has 0 fully saturated rings. The molecule has 0 aliphatic heterocycles. The predicted octanol–water partition coefficient (Wildman–Crippen LogP) is 1.71. The van der Waals surface area contributed by atoms with E-state index in [9.17, 15) is 4.79 Å². The fourth-order valence-corrected chi connectivity index (χ4v) is 1.79. The zero-order valence-electron chi connectivity index (χ0n) is 9.21. The summed E-state index contributed by atoms with van der Waals surface area (Å²) in [6.07, 6.45) is 0. The fourth-order valence-electron chi connectivity index (χ4n) is 1.25. The molecule has 88 valence electrons. The molecule has 0 radical (unpaired) electrons. The Labute approximate surface area is 103 Å². The zero-order valence-corrected chi connectivity index (χ0v) is 10.0. The van der Waals surface area contributed by atoms with Gasteiger partial charge < -0.3 is 0 Å². The zero-order chi connectivity index (χ0) is 12.1. The van der Waals surface area contributed by atoms with Crippen molar-refractivity contribution in [2.24, 2.45) is 0 Å². The molecular formula is C11H11N3O2S. The summed E-state index contributed by atoms with van der Waals surface area (Å²) in [6.45, 7) is 2.06. The second-order valence-electron chi connectivity index (χ2n) is 3.39. The third-order valence-electron chi connectivity index (χ3n) is 2.10. The molecule has 5 nitrogen and oxygen atoms in total. The molecule has 0 bridgehead atoms. The van der Waals surface area contributed by atoms with Crippen molar-refractivity contribution in [3.05, 3.63) is 46.5 Å². The van der Waals surface area contributed by atoms with Gasteiger partial charge in [0.15, 0.2) is 0 Å². The van der Waals surface area contributed by atoms with Gasteiger partial charge >= 0.3 is 0 Å². The molecule has 2 rings (SSSR count). The minimum Gasteiger partial charge on any atom is -0.269 e. The number of nitrogens with one attached hydrogen (secondary N) is 1. The summed E-state index contributed by atoms with van der Waals surface area (Å²) in [5, 5.41) is 3.76. The molecule has 0 aliphatic carbocycles. The van der Waals surface area contributed by atoms with E-state index in [1.807, 2.05) is 30.3 Å². The summed E-state index contributed by atoms with van der Waals surface area (Å²) in [5.74, 6) is -0.312. The van der Waals surface area contributed by atoms with Gasteiger partial charge in [-0.15, -0.1) is 5.10 Å². The molecule has 0 unspecified atom stereocenters. The molecule has 17 heavy (non-hydrogen) atoms. The normalized spacial score (nSPS) is 10.2. The van der Waals surface area contributed by atoms with Crippen LogP contribution in [0.25, 0.3) is 0 Å². The first-order chi connectivity index (χ1) is 8.27. The van der Waals surface area contributed by atoms with E-state index in [2.05, 4.69) is 15.1 Å². The number of benzene rings is 1. The van der Waals surface area contributed by atoms with Gasteiger partial charge in [0.05, 0.1) is 12.3 Å². The second kappa shape index (κ2) is 5.51. The smallest absolute Gasteiger partial charge is 0.269 e. The average Bonchev–Trinajstić information content (AvgIpc) is 2.77. The lowest BCUT2D eigenvalue weighted by atomic mass is 10.2. The molecule has 1 amide bonds. The number of amides is 1. The molecule has 1 aromatic heterocycles. The number of rotatable bonds is 4. The average molecular weight is 249 g/mol. The van der Waals surface area contributed by atoms with E-state index in [-0.39, 0.29) is 5.91 Å². The summed E-state index contributed by atoms with van der Waals surface area (Å²) in [5.41, 5.74) is 3.97. The summed E-state index contributed by atoms with van der Waals surface area (Å²) >= 11 is 1.05. The standard InChI is InChI=1S/C11H11N3O2S/c1-8-10(17-14-12-8)11(15)13-16-7-9-5-3-2-4-6-9/h2-6H,7H2,1H3,(H,13,15). The van der Waals surface area contributed by atoms with Crippen LogP contribution in [0.4, 0.5) is 0 Å². The number of aromatic nitrogens is 2. The molecule has 1 heterocycles. The second-order valence-corrected chi connectivity index (χ2v) is 4.15. The number of nitrogens with zero attached hydrogens (tertiary/aromatic N) is 2. The van der Waals surface area contributed by atoms with Gasteiger partial charge in [-0.1, -0.05) is 34.8 Å². The van der Waals surface area contributed by atoms with Gasteiger partial charge in [-0.25, -0.2) is 5.48 Å². The van der Waals surface area contributed by atoms with Gasteiger partial charge in [0.25, 0.3) is 5.91 Å². The Hall–Kier alpha value is -1.79. The maximum absolute atomic E-state index is 11.6. The first-order valence-corrected chi connectivity index (χ1v) is 5.79. The number of carbonyl (C=O) groups is 1. The Morgan fingerprint density at radius 1 is 1.41 bits per heavy atom. The molecule has 6 heteroatoms. The summed E-state index contributed by atoms with van der Waals surface area (Å²) in [7, 11) is 0. The Balaban J connectivity index is 1.84. The maximum Gasteiger partial charge on any atom is 0.288 e. The van der Waals surface area contributed by atoms with Gasteiger partial charge in [-0.3, -0.25) is 9.63 Å². The summed E-state index contributed by atoms with van der Waals surface area (Å²) in [6, 6.07) is 9.60. The lowest BCUT2D eigenvalue weighted by Gasteiger charge is -2.04. The molecule has 1 aromatic carbocycles. The van der Waals surface area contributed by atoms with Crippen molar-refractivity contribution in [1.82, 2.24) is 15.1 Å². The molecule has 0 saturated carbocycles. The van der Waals surface area contributed by atoms with Gasteiger partial charge in [0, 0.05) is 0 Å². The van der Waals surface area contributed by atoms with Crippen molar-refractivity contribution in [2.75, 3.05) is 0 Å². The summed E-state index contributed by atoms with van der Waals surface area (Å²) in [4.78, 5) is 17.2. The highest BCUT2D eigenvalue weighted by Crippen LogP contribution is 2.08. The van der Waals surface area contributed by atoms with Crippen LogP contribution in [-0.4, -0.2) is 15.5 Å². The molecule has 0 atom stereocenters. The Kier molecular flexibility index (Phi) is 3.79. The highest BCUT2D eigenvalue weighted by molar-refractivity contribution is 7.07. The van der Waals surface area contributed by atoms with Crippen molar-refractivity contribution in [3.63, 3.8) is 0 Å². The monoisotopic (exact) mass is 249 g/mol. The van der Waals surface area contributed by atoms with Crippen LogP contribution in [0.2, 0.25) is 0 Å². The first-order valence-electron chi connectivity index (χ1n) is 5.02. The highest BCUT2D eigenvalue weighted by atomic mass is 32.1. The van der Waals surface area contributed by atoms with Crippen molar-refractivity contribution in [2.45, 2.75) is 13.5 Å². The SMILES string of the molecule is Cc1nnsc1C(=O)NOCc1ccccc1. The van der Waals surface area contributed by atoms with E-state index in [0.717, 1.165) is 17.1 Å². The lowest BCUT2D eigenvalue weighted by molar-refractivity contribution is 0.0236. The van der Waals surface area contributed by atoms with Crippen LogP contribution in [0.15, 0.2) is 30.3 Å². The van der Waals surface area contributed by atoms with Crippen LogP contribution >= 0.6 is 11.5 Å². The Morgan fingerprint density at radius 2 is 2.18 bits per heavy atom. The van der Waals surface area contributed by atoms with Crippen LogP contribution in [0.3, 0.4) is 0 Å². The van der Waals surface area contributed by atoms with Crippen molar-refractivity contribution >= 4 is 17.4 Å². The van der Waals surface area contributed by atoms with Crippen LogP contribution in [0.1, 0.15) is 20.9 Å². The van der Waals surface area contributed by atoms with Crippen LogP contribution in [-0.2, 0) is 11.4 Å². The maximum atomic E-state index is 11.6. The molecule has 0 saturated heterocycles. The van der Waals surface area contributed by atoms with Gasteiger partial charge in [-0.2, -0.15) is 0 Å². The van der Waals surface area contributed by atoms with E-state index in [1.54, 1.807) is 6.92 Å². The third-order valence-corrected chi connectivity index (χ3v) is 2.93. The van der Waals surface area contributed by atoms with E-state index >= 15 is 0 Å². The molecule has 2 aromatic rings. The van der Waals surface area contributed by atoms with Crippen LogP contribution in [0.5, 0.6) is 0 Å². The molecule has 0 spiro atoms. The van der Waals surface area contributed by atoms with E-state index < -0.39 is 0 Å². The number of aryl methyl sites for hydroxylation is 1. The van der Waals surface area contributed by atoms with E-state index in [1.165, 1.54) is 0 Å². The minimum absolute atomic E-state index is 0.312. The molecule has 0 aliphatic rings. The van der Waals surface area contributed by atoms with E-state index in [0.29, 0.717) is 17.2 Å². The van der Waals surface area contributed by atoms with Gasteiger partial charge in [0.1, 0.15) is 4.88 Å². The minimum atomic E-state index is -0.312. The predicted molar refractivity (Wildman–Crippen MR) is 63.3 cm³/mol. The number of carbonyl (C=O) groups excluding carboxylic acids is 1. The van der Waals surface area contributed by atoms with Gasteiger partial charge in [0.2, 0.25) is 0 Å². The number of hydrogen-bond acceptors (Lipinski definition) is 5. The lowest BCUT2D eigenvalue weighted by Crippen LogP contribution is -2.23. The van der Waals surface area contributed by atoms with Crippen molar-refractivity contribution in [3.8, 4) is 0 Å². The van der Waals surface area contributed by atoms with Crippen molar-refractivity contribution < 1.29 is 9.63 Å². The van der Waals surface area contributed by atoms with Crippen molar-refractivity contribution in [1.29, 1.82) is 0 Å². The Morgan fingerprint density at radius 3 is 2.82 bits per heavy atom. The number of hydroxylamine groups is 1. The number of hydrogen-bond donors (Lipinski definition) is 1. The topological polar surface area (TPSA) is 64.1 Å². The van der Waals surface area contributed by atoms with Crippen LogP contribution < -0.4 is 5.48 Å². The summed E-state index contributed by atoms with van der Waals surface area (Å²) < 4.78 is 3.68. The van der Waals surface area contributed by atoms with Gasteiger partial charge in [-0.05, 0) is 24.0 Å². The van der Waals surface area contributed by atoms with Crippen LogP contribution in [0, 0.1) is 6.92 Å². The molecular weight excluding hydrogens is 238 g/mol. The molecule has 1 N–H and O–H groups in total. The highest BCUT2D eigenvalue weighted by Gasteiger charge is 2.12. The largest absolute Gasteiger partial charge is 0.288 e. The third kappa shape index (κ3) is 3.08. The first kappa shape index (κ1) is 11.7. The quantitative estimate of drug-likeness (QED) is 0.838. The van der Waals surface area contributed by atoms with E-state index in [4.69, 9.17) is 4.84 Å². The Bertz CT molecular complexity index is 498. The fraction of sp³-hybridized carbons (Fsp3) is 0.182.